The van der Waals surface area contributed by atoms with Gasteiger partial charge in [0.05, 0.1) is 0 Å². The molecule has 0 radical (unpaired) electrons. The van der Waals surface area contributed by atoms with Crippen LogP contribution < -0.4 is 0 Å². The van der Waals surface area contributed by atoms with Crippen LogP contribution >= 0.6 is 0 Å². The number of hydrogen-bond acceptors (Lipinski definition) is 0. The van der Waals surface area contributed by atoms with Crippen LogP contribution in [0.3, 0.4) is 0 Å². The minimum atomic E-state index is 1.21. The Kier molecular flexibility index (Phi) is 10.1. The van der Waals surface area contributed by atoms with E-state index < -0.39 is 0 Å². The van der Waals surface area contributed by atoms with Crippen LogP contribution in [-0.4, -0.2) is 0 Å². The summed E-state index contributed by atoms with van der Waals surface area (Å²) in [5.74, 6) is 0. The molecule has 0 amide bonds. The highest BCUT2D eigenvalue weighted by molar-refractivity contribution is 5.79. The molecule has 0 fully saturated rings. The van der Waals surface area contributed by atoms with Gasteiger partial charge in [-0.1, -0.05) is 255 Å². The zero-order valence-corrected chi connectivity index (χ0v) is 33.2. The summed E-state index contributed by atoms with van der Waals surface area (Å²) in [6.07, 6.45) is 0. The summed E-state index contributed by atoms with van der Waals surface area (Å²) in [4.78, 5) is 0. The Hall–Kier alpha value is -7.80. The van der Waals surface area contributed by atoms with Crippen LogP contribution in [0.2, 0.25) is 0 Å². The van der Waals surface area contributed by atoms with Gasteiger partial charge in [0.15, 0.2) is 0 Å². The molecule has 0 unspecified atom stereocenters. The van der Waals surface area contributed by atoms with Crippen LogP contribution in [-0.2, 0) is 0 Å². The second-order valence-electron chi connectivity index (χ2n) is 15.4. The molecule has 0 saturated heterocycles. The zero-order valence-electron chi connectivity index (χ0n) is 33.2. The van der Waals surface area contributed by atoms with Gasteiger partial charge in [-0.05, 0) is 100 Å². The first-order valence-corrected chi connectivity index (χ1v) is 20.6. The lowest BCUT2D eigenvalue weighted by Gasteiger charge is -2.09. The Bertz CT molecular complexity index is 2730. The lowest BCUT2D eigenvalue weighted by atomic mass is 9.95. The van der Waals surface area contributed by atoms with Crippen LogP contribution in [0.1, 0.15) is 0 Å². The molecule has 10 rings (SSSR count). The van der Waals surface area contributed by atoms with Crippen molar-refractivity contribution in [1.82, 2.24) is 0 Å². The van der Waals surface area contributed by atoms with Crippen molar-refractivity contribution in [2.45, 2.75) is 0 Å². The molecule has 60 heavy (non-hydrogen) atoms. The summed E-state index contributed by atoms with van der Waals surface area (Å²) >= 11 is 0. The average Bonchev–Trinajstić information content (AvgIpc) is 3.35. The summed E-state index contributed by atoms with van der Waals surface area (Å²) in [7, 11) is 0. The van der Waals surface area contributed by atoms with Crippen molar-refractivity contribution >= 4 is 0 Å². The van der Waals surface area contributed by atoms with Crippen molar-refractivity contribution in [1.29, 1.82) is 0 Å². The van der Waals surface area contributed by atoms with Crippen LogP contribution in [0.5, 0.6) is 0 Å². The third-order valence-corrected chi connectivity index (χ3v) is 11.6. The Morgan fingerprint density at radius 3 is 0.267 bits per heavy atom. The lowest BCUT2D eigenvalue weighted by molar-refractivity contribution is 1.56. The van der Waals surface area contributed by atoms with Gasteiger partial charge in [0.1, 0.15) is 0 Å². The van der Waals surface area contributed by atoms with Gasteiger partial charge in [-0.25, -0.2) is 0 Å². The van der Waals surface area contributed by atoms with E-state index in [-0.39, 0.29) is 0 Å². The standard InChI is InChI=1S/C60H42/c1-3-7-43(8-4-1)45-11-15-47(16-12-45)49-19-23-51(24-20-49)53-27-31-55(32-28-53)57-35-39-59(40-36-57)60-41-37-58(38-42-60)56-33-29-54(30-34-56)52-25-21-50(22-26-52)48-17-13-46(14-18-48)44-9-5-2-6-10-44/h1-42H. The molecule has 0 heteroatoms. The number of hydrogen-bond donors (Lipinski definition) is 0. The third kappa shape index (κ3) is 7.88. The van der Waals surface area contributed by atoms with Crippen LogP contribution in [0, 0.1) is 0 Å². The molecule has 0 aromatic heterocycles. The van der Waals surface area contributed by atoms with E-state index >= 15 is 0 Å². The highest BCUT2D eigenvalue weighted by Gasteiger charge is 2.07. The van der Waals surface area contributed by atoms with Crippen molar-refractivity contribution in [2.75, 3.05) is 0 Å². The number of benzene rings is 10. The first kappa shape index (κ1) is 36.5. The smallest absolute Gasteiger partial charge is 0.0184 e. The average molecular weight is 763 g/mol. The lowest BCUT2D eigenvalue weighted by Crippen LogP contribution is -1.84. The predicted molar refractivity (Wildman–Crippen MR) is 255 cm³/mol. The van der Waals surface area contributed by atoms with Crippen molar-refractivity contribution in [3.8, 4) is 100 Å². The van der Waals surface area contributed by atoms with Gasteiger partial charge in [-0.3, -0.25) is 0 Å². The van der Waals surface area contributed by atoms with E-state index in [1.54, 1.807) is 0 Å². The molecular formula is C60H42. The fraction of sp³-hybridized carbons (Fsp3) is 0. The van der Waals surface area contributed by atoms with Crippen molar-refractivity contribution in [3.63, 3.8) is 0 Å². The van der Waals surface area contributed by atoms with Gasteiger partial charge in [0.25, 0.3) is 0 Å². The second-order valence-corrected chi connectivity index (χ2v) is 15.4. The topological polar surface area (TPSA) is 0 Å². The molecule has 0 N–H and O–H groups in total. The quantitative estimate of drug-likeness (QED) is 0.137. The van der Waals surface area contributed by atoms with Gasteiger partial charge < -0.3 is 0 Å². The van der Waals surface area contributed by atoms with Gasteiger partial charge in [0.2, 0.25) is 0 Å². The van der Waals surface area contributed by atoms with Gasteiger partial charge in [-0.2, -0.15) is 0 Å². The molecule has 0 bridgehead atoms. The third-order valence-electron chi connectivity index (χ3n) is 11.6. The molecule has 10 aromatic carbocycles. The van der Waals surface area contributed by atoms with Crippen molar-refractivity contribution in [2.24, 2.45) is 0 Å². The predicted octanol–water partition coefficient (Wildman–Crippen LogP) is 16.7. The summed E-state index contributed by atoms with van der Waals surface area (Å²) in [5.41, 5.74) is 22.0. The molecule has 0 aliphatic heterocycles. The minimum absolute atomic E-state index is 1.21. The highest BCUT2D eigenvalue weighted by Crippen LogP contribution is 2.33. The molecule has 0 atom stereocenters. The van der Waals surface area contributed by atoms with E-state index in [1.807, 2.05) is 0 Å². The van der Waals surface area contributed by atoms with Gasteiger partial charge in [0, 0.05) is 0 Å². The molecule has 0 spiro atoms. The maximum atomic E-state index is 2.23. The molecule has 282 valence electrons. The summed E-state index contributed by atoms with van der Waals surface area (Å²) < 4.78 is 0. The van der Waals surface area contributed by atoms with Gasteiger partial charge in [-0.15, -0.1) is 0 Å². The minimum Gasteiger partial charge on any atom is -0.0622 e. The van der Waals surface area contributed by atoms with E-state index in [1.165, 1.54) is 100 Å². The Balaban J connectivity index is 0.759. The largest absolute Gasteiger partial charge is 0.0622 e. The van der Waals surface area contributed by atoms with Crippen LogP contribution in [0.25, 0.3) is 100 Å². The van der Waals surface area contributed by atoms with E-state index in [2.05, 4.69) is 255 Å². The van der Waals surface area contributed by atoms with Crippen LogP contribution in [0.15, 0.2) is 255 Å². The second kappa shape index (κ2) is 16.6. The van der Waals surface area contributed by atoms with Crippen LogP contribution in [0.4, 0.5) is 0 Å². The molecule has 0 heterocycles. The molecule has 10 aromatic rings. The molecule has 0 saturated carbocycles. The molecule has 0 nitrogen and oxygen atoms in total. The first-order chi connectivity index (χ1) is 29.7. The molecule has 0 aliphatic carbocycles. The number of rotatable bonds is 9. The zero-order chi connectivity index (χ0) is 40.1. The van der Waals surface area contributed by atoms with E-state index in [0.29, 0.717) is 0 Å². The monoisotopic (exact) mass is 762 g/mol. The summed E-state index contributed by atoms with van der Waals surface area (Å²) in [6.45, 7) is 0. The Morgan fingerprint density at radius 1 is 0.0833 bits per heavy atom. The van der Waals surface area contributed by atoms with Crippen molar-refractivity contribution < 1.29 is 0 Å². The highest BCUT2D eigenvalue weighted by atomic mass is 14.1. The normalized spacial score (nSPS) is 11.0. The SMILES string of the molecule is c1ccc(-c2ccc(-c3ccc(-c4ccc(-c5ccc(-c6ccc(-c7ccc(-c8ccc(-c9ccc(-c%10ccccc%10)cc9)cc8)cc7)cc6)cc5)cc4)cc3)cc2)cc1. The maximum Gasteiger partial charge on any atom is -0.0184 e. The first-order valence-electron chi connectivity index (χ1n) is 20.6. The maximum absolute atomic E-state index is 2.23. The fourth-order valence-corrected chi connectivity index (χ4v) is 8.10. The Morgan fingerprint density at radius 2 is 0.167 bits per heavy atom. The van der Waals surface area contributed by atoms with E-state index in [4.69, 9.17) is 0 Å². The van der Waals surface area contributed by atoms with E-state index in [0.717, 1.165) is 0 Å². The van der Waals surface area contributed by atoms with E-state index in [9.17, 15) is 0 Å². The fourth-order valence-electron chi connectivity index (χ4n) is 8.10. The van der Waals surface area contributed by atoms with Gasteiger partial charge >= 0.3 is 0 Å². The molecule has 0 aliphatic rings. The summed E-state index contributed by atoms with van der Waals surface area (Å²) in [6, 6.07) is 92.0. The summed E-state index contributed by atoms with van der Waals surface area (Å²) in [5, 5.41) is 0. The molecular weight excluding hydrogens is 721 g/mol. The van der Waals surface area contributed by atoms with Crippen molar-refractivity contribution in [3.05, 3.63) is 255 Å². The Labute approximate surface area is 353 Å².